The van der Waals surface area contributed by atoms with E-state index in [0.717, 1.165) is 4.47 Å². The molecule has 2 rings (SSSR count). The second-order valence-electron chi connectivity index (χ2n) is 4.16. The fourth-order valence-electron chi connectivity index (χ4n) is 1.78. The molecule has 1 unspecified atom stereocenters. The molecule has 3 nitrogen and oxygen atoms in total. The quantitative estimate of drug-likeness (QED) is 0.813. The van der Waals surface area contributed by atoms with Crippen LogP contribution >= 0.6 is 31.9 Å². The number of anilines is 1. The molecule has 0 aliphatic rings. The van der Waals surface area contributed by atoms with Gasteiger partial charge in [-0.25, -0.2) is 4.39 Å². The molecular formula is C14H11Br2FN2O. The second-order valence-corrected chi connectivity index (χ2v) is 5.93. The molecule has 3 N–H and O–H groups in total. The fraction of sp³-hybridized carbons (Fsp3) is 0.0714. The molecule has 2 aromatic carbocycles. The zero-order chi connectivity index (χ0) is 14.7. The van der Waals surface area contributed by atoms with Gasteiger partial charge in [0.15, 0.2) is 0 Å². The van der Waals surface area contributed by atoms with E-state index in [2.05, 4.69) is 37.2 Å². The summed E-state index contributed by atoms with van der Waals surface area (Å²) in [7, 11) is 0. The minimum atomic E-state index is -0.825. The van der Waals surface area contributed by atoms with Crippen LogP contribution in [-0.4, -0.2) is 5.91 Å². The fourth-order valence-corrected chi connectivity index (χ4v) is 2.66. The summed E-state index contributed by atoms with van der Waals surface area (Å²) in [5.74, 6) is -1.01. The van der Waals surface area contributed by atoms with E-state index in [1.165, 1.54) is 12.1 Å². The summed E-state index contributed by atoms with van der Waals surface area (Å²) < 4.78 is 14.8. The van der Waals surface area contributed by atoms with Gasteiger partial charge in [0.25, 0.3) is 0 Å². The van der Waals surface area contributed by atoms with Crippen LogP contribution in [0.4, 0.5) is 10.1 Å². The van der Waals surface area contributed by atoms with Gasteiger partial charge in [0.1, 0.15) is 11.9 Å². The summed E-state index contributed by atoms with van der Waals surface area (Å²) in [6, 6.07) is 10.6. The average Bonchev–Trinajstić information content (AvgIpc) is 2.39. The van der Waals surface area contributed by atoms with Crippen molar-refractivity contribution in [2.24, 2.45) is 5.73 Å². The molecule has 1 atom stereocenters. The molecule has 0 aromatic heterocycles. The largest absolute Gasteiger partial charge is 0.370 e. The van der Waals surface area contributed by atoms with E-state index in [1.54, 1.807) is 12.1 Å². The lowest BCUT2D eigenvalue weighted by atomic mass is 10.1. The third-order valence-electron chi connectivity index (χ3n) is 2.69. The Labute approximate surface area is 132 Å². The number of halogens is 3. The Hall–Kier alpha value is -1.40. The van der Waals surface area contributed by atoms with Crippen molar-refractivity contribution in [2.75, 3.05) is 5.32 Å². The van der Waals surface area contributed by atoms with Crippen molar-refractivity contribution in [1.82, 2.24) is 0 Å². The number of nitrogens with one attached hydrogen (secondary N) is 1. The summed E-state index contributed by atoms with van der Waals surface area (Å²) in [5.41, 5.74) is 6.58. The number of hydrogen-bond acceptors (Lipinski definition) is 2. The van der Waals surface area contributed by atoms with Crippen LogP contribution in [0.5, 0.6) is 0 Å². The number of primary amides is 1. The van der Waals surface area contributed by atoms with Gasteiger partial charge in [0.2, 0.25) is 5.91 Å². The van der Waals surface area contributed by atoms with Gasteiger partial charge in [0.05, 0.1) is 0 Å². The number of carbonyl (C=O) groups excluding carboxylic acids is 1. The number of nitrogens with two attached hydrogens (primary N) is 1. The summed E-state index contributed by atoms with van der Waals surface area (Å²) >= 11 is 6.65. The van der Waals surface area contributed by atoms with Crippen LogP contribution in [0.25, 0.3) is 0 Å². The van der Waals surface area contributed by atoms with Crippen molar-refractivity contribution < 1.29 is 9.18 Å². The van der Waals surface area contributed by atoms with Gasteiger partial charge in [-0.3, -0.25) is 4.79 Å². The number of benzene rings is 2. The van der Waals surface area contributed by atoms with Gasteiger partial charge in [-0.1, -0.05) is 37.9 Å². The highest BCUT2D eigenvalue weighted by atomic mass is 79.9. The second kappa shape index (κ2) is 6.37. The third-order valence-corrected chi connectivity index (χ3v) is 3.90. The molecule has 0 saturated heterocycles. The van der Waals surface area contributed by atoms with Crippen LogP contribution in [0.1, 0.15) is 11.6 Å². The lowest BCUT2D eigenvalue weighted by Crippen LogP contribution is -2.28. The first-order valence-corrected chi connectivity index (χ1v) is 7.32. The Morgan fingerprint density at radius 3 is 2.60 bits per heavy atom. The van der Waals surface area contributed by atoms with E-state index in [1.807, 2.05) is 18.2 Å². The first-order chi connectivity index (χ1) is 9.47. The van der Waals surface area contributed by atoms with E-state index in [0.29, 0.717) is 15.7 Å². The topological polar surface area (TPSA) is 55.1 Å². The Bertz CT molecular complexity index is 649. The molecule has 0 heterocycles. The Balaban J connectivity index is 2.37. The molecule has 0 fully saturated rings. The van der Waals surface area contributed by atoms with Gasteiger partial charge in [-0.05, 0) is 36.4 Å². The van der Waals surface area contributed by atoms with Crippen molar-refractivity contribution >= 4 is 43.5 Å². The lowest BCUT2D eigenvalue weighted by Gasteiger charge is -2.18. The number of amides is 1. The van der Waals surface area contributed by atoms with Gasteiger partial charge in [-0.15, -0.1) is 0 Å². The van der Waals surface area contributed by atoms with E-state index in [4.69, 9.17) is 5.73 Å². The molecule has 0 saturated carbocycles. The van der Waals surface area contributed by atoms with E-state index >= 15 is 0 Å². The highest BCUT2D eigenvalue weighted by Gasteiger charge is 2.21. The predicted molar refractivity (Wildman–Crippen MR) is 83.8 cm³/mol. The molecule has 0 spiro atoms. The minimum Gasteiger partial charge on any atom is -0.370 e. The number of carbonyl (C=O) groups is 1. The zero-order valence-corrected chi connectivity index (χ0v) is 13.4. The van der Waals surface area contributed by atoms with Gasteiger partial charge in [-0.2, -0.15) is 0 Å². The predicted octanol–water partition coefficient (Wildman–Crippen LogP) is 3.99. The van der Waals surface area contributed by atoms with E-state index in [-0.39, 0.29) is 0 Å². The molecule has 2 aromatic rings. The highest BCUT2D eigenvalue weighted by Crippen LogP contribution is 2.28. The van der Waals surface area contributed by atoms with Crippen LogP contribution in [0.15, 0.2) is 51.4 Å². The maximum Gasteiger partial charge on any atom is 0.244 e. The summed E-state index contributed by atoms with van der Waals surface area (Å²) in [6.07, 6.45) is 0. The standard InChI is InChI=1S/C14H11Br2FN2O/c15-8-2-1-3-10(6-8)19-13(14(18)20)11-7-9(17)4-5-12(11)16/h1-7,13,19H,(H2,18,20). The normalized spacial score (nSPS) is 11.9. The van der Waals surface area contributed by atoms with Crippen molar-refractivity contribution in [1.29, 1.82) is 0 Å². The van der Waals surface area contributed by atoms with E-state index < -0.39 is 17.8 Å². The third kappa shape index (κ3) is 3.58. The average molecular weight is 402 g/mol. The SMILES string of the molecule is NC(=O)C(Nc1cccc(Br)c1)c1cc(F)ccc1Br. The first kappa shape index (κ1) is 15.0. The minimum absolute atomic E-state index is 0.425. The highest BCUT2D eigenvalue weighted by molar-refractivity contribution is 9.10. The van der Waals surface area contributed by atoms with Gasteiger partial charge >= 0.3 is 0 Å². The Morgan fingerprint density at radius 1 is 1.20 bits per heavy atom. The number of hydrogen-bond donors (Lipinski definition) is 2. The van der Waals surface area contributed by atoms with E-state index in [9.17, 15) is 9.18 Å². The van der Waals surface area contributed by atoms with Crippen molar-refractivity contribution in [3.8, 4) is 0 Å². The maximum absolute atomic E-state index is 13.4. The molecule has 104 valence electrons. The molecule has 0 aliphatic carbocycles. The number of rotatable bonds is 4. The smallest absolute Gasteiger partial charge is 0.244 e. The molecule has 0 bridgehead atoms. The van der Waals surface area contributed by atoms with Crippen LogP contribution in [0, 0.1) is 5.82 Å². The monoisotopic (exact) mass is 400 g/mol. The Kier molecular flexibility index (Phi) is 4.77. The Morgan fingerprint density at radius 2 is 1.95 bits per heavy atom. The maximum atomic E-state index is 13.4. The summed E-state index contributed by atoms with van der Waals surface area (Å²) in [6.45, 7) is 0. The molecule has 6 heteroatoms. The lowest BCUT2D eigenvalue weighted by molar-refractivity contribution is -0.118. The summed E-state index contributed by atoms with van der Waals surface area (Å²) in [5, 5.41) is 3.00. The van der Waals surface area contributed by atoms with Crippen LogP contribution < -0.4 is 11.1 Å². The van der Waals surface area contributed by atoms with Crippen LogP contribution in [0.2, 0.25) is 0 Å². The first-order valence-electron chi connectivity index (χ1n) is 5.74. The van der Waals surface area contributed by atoms with Crippen LogP contribution in [0.3, 0.4) is 0 Å². The van der Waals surface area contributed by atoms with Crippen molar-refractivity contribution in [2.45, 2.75) is 6.04 Å². The van der Waals surface area contributed by atoms with Crippen molar-refractivity contribution in [3.05, 3.63) is 62.8 Å². The van der Waals surface area contributed by atoms with Crippen LogP contribution in [-0.2, 0) is 4.79 Å². The van der Waals surface area contributed by atoms with Gasteiger partial charge < -0.3 is 11.1 Å². The summed E-state index contributed by atoms with van der Waals surface area (Å²) in [4.78, 5) is 11.7. The molecule has 0 aliphatic heterocycles. The van der Waals surface area contributed by atoms with Gasteiger partial charge in [0, 0.05) is 20.2 Å². The molecular weight excluding hydrogens is 391 g/mol. The zero-order valence-electron chi connectivity index (χ0n) is 10.2. The molecule has 1 amide bonds. The molecule has 20 heavy (non-hydrogen) atoms. The molecule has 0 radical (unpaired) electrons. The van der Waals surface area contributed by atoms with Crippen molar-refractivity contribution in [3.63, 3.8) is 0 Å².